The Labute approximate surface area is 169 Å². The molecular weight excluding hydrogens is 378 g/mol. The molecule has 0 spiro atoms. The molecule has 0 unspecified atom stereocenters. The summed E-state index contributed by atoms with van der Waals surface area (Å²) in [4.78, 5) is 29.0. The van der Waals surface area contributed by atoms with Gasteiger partial charge in [0.1, 0.15) is 5.75 Å². The predicted octanol–water partition coefficient (Wildman–Crippen LogP) is 3.87. The number of rotatable bonds is 6. The van der Waals surface area contributed by atoms with Gasteiger partial charge in [0.2, 0.25) is 11.9 Å². The maximum absolute atomic E-state index is 12.5. The van der Waals surface area contributed by atoms with E-state index in [1.165, 1.54) is 0 Å². The largest absolute Gasteiger partial charge is 0.494 e. The van der Waals surface area contributed by atoms with Gasteiger partial charge in [-0.25, -0.2) is 4.99 Å². The molecule has 7 heteroatoms. The van der Waals surface area contributed by atoms with E-state index in [1.54, 1.807) is 30.3 Å². The van der Waals surface area contributed by atoms with Crippen molar-refractivity contribution in [1.82, 2.24) is 10.6 Å². The summed E-state index contributed by atoms with van der Waals surface area (Å²) in [6.45, 7) is 2.74. The first-order chi connectivity index (χ1) is 13.6. The number of carbonyl (C=O) groups is 2. The molecule has 3 rings (SSSR count). The van der Waals surface area contributed by atoms with Gasteiger partial charge in [0.25, 0.3) is 5.91 Å². The van der Waals surface area contributed by atoms with Crippen molar-refractivity contribution in [2.24, 2.45) is 4.99 Å². The van der Waals surface area contributed by atoms with E-state index in [2.05, 4.69) is 22.5 Å². The second-order valence-electron chi connectivity index (χ2n) is 6.45. The topological polar surface area (TPSA) is 79.8 Å². The molecule has 0 saturated heterocycles. The van der Waals surface area contributed by atoms with Crippen LogP contribution in [0.25, 0.3) is 0 Å². The highest BCUT2D eigenvalue weighted by atomic mass is 35.5. The minimum atomic E-state index is -0.438. The van der Waals surface area contributed by atoms with E-state index in [-0.39, 0.29) is 24.2 Å². The maximum atomic E-state index is 12.5. The molecule has 1 heterocycles. The van der Waals surface area contributed by atoms with Crippen LogP contribution < -0.4 is 15.4 Å². The van der Waals surface area contributed by atoms with Crippen LogP contribution in [0.3, 0.4) is 0 Å². The van der Waals surface area contributed by atoms with Gasteiger partial charge < -0.3 is 4.74 Å². The van der Waals surface area contributed by atoms with Gasteiger partial charge in [0, 0.05) is 10.6 Å². The molecule has 0 aliphatic carbocycles. The van der Waals surface area contributed by atoms with Gasteiger partial charge in [0.15, 0.2) is 0 Å². The van der Waals surface area contributed by atoms with E-state index >= 15 is 0 Å². The lowest BCUT2D eigenvalue weighted by atomic mass is 10.0. The van der Waals surface area contributed by atoms with Crippen molar-refractivity contribution >= 4 is 29.4 Å². The van der Waals surface area contributed by atoms with Gasteiger partial charge in [-0.05, 0) is 42.3 Å². The maximum Gasteiger partial charge on any atom is 0.257 e. The average molecular weight is 400 g/mol. The van der Waals surface area contributed by atoms with Gasteiger partial charge in [0.05, 0.1) is 19.1 Å². The molecule has 0 radical (unpaired) electrons. The molecule has 1 atom stereocenters. The van der Waals surface area contributed by atoms with Crippen LogP contribution in [0.4, 0.5) is 0 Å². The Hall–Kier alpha value is -2.86. The molecule has 2 aromatic rings. The molecule has 2 N–H and O–H groups in total. The van der Waals surface area contributed by atoms with E-state index in [1.807, 2.05) is 18.2 Å². The standard InChI is InChI=1S/C21H22ClN3O3/c1-2-3-12-28-15-10-8-14(9-11-15)20(27)25-21-23-18(13-19(26)24-21)16-6-4-5-7-17(16)22/h4-11,18H,2-3,12-13H2,1H3,(H2,23,24,25,26,27)/t18-/m0/s1. The number of nitrogens with zero attached hydrogens (tertiary/aromatic N) is 1. The summed E-state index contributed by atoms with van der Waals surface area (Å²) >= 11 is 6.21. The number of nitrogens with one attached hydrogen (secondary N) is 2. The van der Waals surface area contributed by atoms with Gasteiger partial charge in [-0.15, -0.1) is 0 Å². The summed E-state index contributed by atoms with van der Waals surface area (Å²) in [5.74, 6) is 0.246. The number of halogens is 1. The van der Waals surface area contributed by atoms with Crippen molar-refractivity contribution < 1.29 is 14.3 Å². The quantitative estimate of drug-likeness (QED) is 0.723. The number of guanidine groups is 1. The Morgan fingerprint density at radius 2 is 2.00 bits per heavy atom. The first-order valence-corrected chi connectivity index (χ1v) is 9.61. The van der Waals surface area contributed by atoms with Crippen LogP contribution >= 0.6 is 11.6 Å². The van der Waals surface area contributed by atoms with Crippen LogP contribution in [0.1, 0.15) is 48.1 Å². The van der Waals surface area contributed by atoms with Crippen LogP contribution in [0.2, 0.25) is 5.02 Å². The lowest BCUT2D eigenvalue weighted by Gasteiger charge is -2.22. The first kappa shape index (κ1) is 19.9. The van der Waals surface area contributed by atoms with E-state index in [0.29, 0.717) is 22.9 Å². The SMILES string of the molecule is CCCCOc1ccc(C(=O)NC2=N[C@H](c3ccccc3Cl)CC(=O)N2)cc1. The van der Waals surface area contributed by atoms with Crippen molar-refractivity contribution in [3.8, 4) is 5.75 Å². The molecule has 1 aliphatic heterocycles. The Kier molecular flexibility index (Phi) is 6.66. The summed E-state index contributed by atoms with van der Waals surface area (Å²) in [6, 6.07) is 13.6. The van der Waals surface area contributed by atoms with Gasteiger partial charge in [-0.1, -0.05) is 43.1 Å². The van der Waals surface area contributed by atoms with Crippen molar-refractivity contribution in [2.45, 2.75) is 32.2 Å². The van der Waals surface area contributed by atoms with E-state index in [4.69, 9.17) is 16.3 Å². The normalized spacial score (nSPS) is 16.1. The Bertz CT molecular complexity index is 881. The van der Waals surface area contributed by atoms with Crippen molar-refractivity contribution in [3.05, 3.63) is 64.7 Å². The summed E-state index contributed by atoms with van der Waals surface area (Å²) in [7, 11) is 0. The first-order valence-electron chi connectivity index (χ1n) is 9.23. The third-order valence-corrected chi connectivity index (χ3v) is 4.64. The summed E-state index contributed by atoms with van der Waals surface area (Å²) in [5, 5.41) is 5.78. The minimum absolute atomic E-state index is 0.120. The monoisotopic (exact) mass is 399 g/mol. The number of benzene rings is 2. The van der Waals surface area contributed by atoms with Crippen molar-refractivity contribution in [3.63, 3.8) is 0 Å². The van der Waals surface area contributed by atoms with Crippen LogP contribution in [0.15, 0.2) is 53.5 Å². The number of unbranched alkanes of at least 4 members (excludes halogenated alkanes) is 1. The lowest BCUT2D eigenvalue weighted by molar-refractivity contribution is -0.120. The molecule has 2 amide bonds. The van der Waals surface area contributed by atoms with Gasteiger partial charge >= 0.3 is 0 Å². The fourth-order valence-electron chi connectivity index (χ4n) is 2.80. The van der Waals surface area contributed by atoms with E-state index < -0.39 is 6.04 Å². The van der Waals surface area contributed by atoms with E-state index in [0.717, 1.165) is 18.4 Å². The third kappa shape index (κ3) is 5.10. The molecule has 0 saturated carbocycles. The molecule has 0 fully saturated rings. The number of hydrogen-bond acceptors (Lipinski definition) is 4. The Morgan fingerprint density at radius 3 is 2.71 bits per heavy atom. The van der Waals surface area contributed by atoms with Crippen molar-refractivity contribution in [1.29, 1.82) is 0 Å². The highest BCUT2D eigenvalue weighted by Gasteiger charge is 2.25. The van der Waals surface area contributed by atoms with Crippen LogP contribution in [-0.2, 0) is 4.79 Å². The summed E-state index contributed by atoms with van der Waals surface area (Å²) in [6.07, 6.45) is 2.21. The van der Waals surface area contributed by atoms with E-state index in [9.17, 15) is 9.59 Å². The van der Waals surface area contributed by atoms with Crippen molar-refractivity contribution in [2.75, 3.05) is 6.61 Å². The smallest absolute Gasteiger partial charge is 0.257 e. The summed E-state index contributed by atoms with van der Waals surface area (Å²) in [5.41, 5.74) is 1.19. The Morgan fingerprint density at radius 1 is 1.25 bits per heavy atom. The predicted molar refractivity (Wildman–Crippen MR) is 109 cm³/mol. The highest BCUT2D eigenvalue weighted by Crippen LogP contribution is 2.29. The number of amides is 2. The van der Waals surface area contributed by atoms with Gasteiger partial charge in [-0.3, -0.25) is 20.2 Å². The summed E-state index contributed by atoms with van der Waals surface area (Å²) < 4.78 is 5.59. The third-order valence-electron chi connectivity index (χ3n) is 4.30. The minimum Gasteiger partial charge on any atom is -0.494 e. The van der Waals surface area contributed by atoms with Crippen LogP contribution in [0, 0.1) is 0 Å². The van der Waals surface area contributed by atoms with Crippen LogP contribution in [-0.4, -0.2) is 24.4 Å². The van der Waals surface area contributed by atoms with Crippen LogP contribution in [0.5, 0.6) is 5.75 Å². The molecule has 146 valence electrons. The molecule has 0 bridgehead atoms. The molecular formula is C21H22ClN3O3. The second kappa shape index (κ2) is 9.37. The molecule has 2 aromatic carbocycles. The van der Waals surface area contributed by atoms with Gasteiger partial charge in [-0.2, -0.15) is 0 Å². The zero-order valence-electron chi connectivity index (χ0n) is 15.6. The molecule has 1 aliphatic rings. The highest BCUT2D eigenvalue weighted by molar-refractivity contribution is 6.31. The number of aliphatic imine (C=N–C) groups is 1. The zero-order valence-corrected chi connectivity index (χ0v) is 16.3. The second-order valence-corrected chi connectivity index (χ2v) is 6.86. The lowest BCUT2D eigenvalue weighted by Crippen LogP contribution is -2.47. The fourth-order valence-corrected chi connectivity index (χ4v) is 3.06. The zero-order chi connectivity index (χ0) is 19.9. The molecule has 0 aromatic heterocycles. The Balaban J connectivity index is 1.68. The number of hydrogen-bond donors (Lipinski definition) is 2. The average Bonchev–Trinajstić information content (AvgIpc) is 2.68. The number of ether oxygens (including phenoxy) is 1. The fraction of sp³-hybridized carbons (Fsp3) is 0.286. The number of carbonyl (C=O) groups excluding carboxylic acids is 2. The molecule has 6 nitrogen and oxygen atoms in total. The molecule has 28 heavy (non-hydrogen) atoms.